The third-order valence-corrected chi connectivity index (χ3v) is 14.4. The molecule has 5 aromatic rings. The molecule has 0 spiro atoms. The number of nitrogens with one attached hydrogen (secondary N) is 1. The van der Waals surface area contributed by atoms with Gasteiger partial charge in [-0.15, -0.1) is 6.58 Å². The first-order valence-corrected chi connectivity index (χ1v) is 19.6. The molecule has 6 heteroatoms. The number of amides is 1. The fourth-order valence-electron chi connectivity index (χ4n) is 9.13. The van der Waals surface area contributed by atoms with Crippen molar-refractivity contribution in [1.29, 1.82) is 0 Å². The molecule has 4 aromatic carbocycles. The van der Waals surface area contributed by atoms with E-state index in [1.165, 1.54) is 44.0 Å². The van der Waals surface area contributed by atoms with Gasteiger partial charge in [0.05, 0.1) is 18.7 Å². The molecular formula is C45H50N3O2P. The van der Waals surface area contributed by atoms with Crippen LogP contribution < -0.4 is 26.0 Å². The highest BCUT2D eigenvalue weighted by Gasteiger charge is 2.43. The van der Waals surface area contributed by atoms with Crippen molar-refractivity contribution in [2.75, 3.05) is 20.2 Å². The molecule has 5 atom stereocenters. The van der Waals surface area contributed by atoms with E-state index in [2.05, 4.69) is 113 Å². The molecular weight excluding hydrogens is 645 g/mol. The van der Waals surface area contributed by atoms with E-state index in [1.807, 2.05) is 30.5 Å². The Morgan fingerprint density at radius 2 is 1.57 bits per heavy atom. The van der Waals surface area contributed by atoms with E-state index in [-0.39, 0.29) is 18.0 Å². The van der Waals surface area contributed by atoms with Gasteiger partial charge >= 0.3 is 0 Å². The summed E-state index contributed by atoms with van der Waals surface area (Å²) in [5, 5.41) is 8.45. The minimum absolute atomic E-state index is 0.0382. The maximum atomic E-state index is 15.1. The van der Waals surface area contributed by atoms with E-state index in [1.54, 1.807) is 7.11 Å². The van der Waals surface area contributed by atoms with E-state index in [4.69, 9.17) is 9.72 Å². The van der Waals surface area contributed by atoms with Crippen LogP contribution in [0.25, 0.3) is 10.9 Å². The van der Waals surface area contributed by atoms with Crippen LogP contribution in [-0.2, 0) is 0 Å². The molecule has 3 saturated heterocycles. The molecule has 1 amide bonds. The Kier molecular flexibility index (Phi) is 9.89. The van der Waals surface area contributed by atoms with Crippen molar-refractivity contribution in [3.63, 3.8) is 0 Å². The number of methoxy groups -OCH3 is 1. The Morgan fingerprint density at radius 1 is 0.922 bits per heavy atom. The molecule has 8 rings (SSSR count). The zero-order valence-electron chi connectivity index (χ0n) is 31.1. The Labute approximate surface area is 304 Å². The van der Waals surface area contributed by atoms with Gasteiger partial charge < -0.3 is 10.1 Å². The molecule has 51 heavy (non-hydrogen) atoms. The smallest absolute Gasteiger partial charge is 0.252 e. The minimum atomic E-state index is -1.06. The zero-order chi connectivity index (χ0) is 36.0. The Balaban J connectivity index is 1.38. The average molecular weight is 696 g/mol. The quantitative estimate of drug-likeness (QED) is 0.125. The van der Waals surface area contributed by atoms with Crippen LogP contribution in [-0.4, -0.2) is 42.0 Å². The highest BCUT2D eigenvalue weighted by Crippen LogP contribution is 2.43. The SMILES string of the molecule is C=CC1CN2CCC1CC2C(NC(=O)c1ccccc1P(c1c(C)cc(C)cc1C)c1c(C)cc(C)cc1C)c1ccnc2ccc(OC)cc12. The van der Waals surface area contributed by atoms with Crippen molar-refractivity contribution >= 4 is 40.6 Å². The van der Waals surface area contributed by atoms with Gasteiger partial charge in [0.25, 0.3) is 5.91 Å². The summed E-state index contributed by atoms with van der Waals surface area (Å²) in [6.45, 7) is 19.4. The Bertz CT molecular complexity index is 2040. The van der Waals surface area contributed by atoms with E-state index in [9.17, 15) is 0 Å². The van der Waals surface area contributed by atoms with Crippen molar-refractivity contribution in [1.82, 2.24) is 15.2 Å². The summed E-state index contributed by atoms with van der Waals surface area (Å²) in [6.07, 6.45) is 6.19. The van der Waals surface area contributed by atoms with Gasteiger partial charge in [-0.3, -0.25) is 14.7 Å². The lowest BCUT2D eigenvalue weighted by atomic mass is 9.73. The molecule has 1 aromatic heterocycles. The molecule has 0 saturated carbocycles. The molecule has 5 unspecified atom stereocenters. The number of ether oxygens (including phenoxy) is 1. The first-order valence-electron chi connectivity index (χ1n) is 18.2. The first kappa shape index (κ1) is 35.1. The molecule has 3 aliphatic heterocycles. The number of carbonyl (C=O) groups is 1. The second kappa shape index (κ2) is 14.4. The summed E-state index contributed by atoms with van der Waals surface area (Å²) < 4.78 is 5.68. The molecule has 5 nitrogen and oxygen atoms in total. The Hall–Kier alpha value is -4.31. The molecule has 262 valence electrons. The van der Waals surface area contributed by atoms with Crippen molar-refractivity contribution in [3.05, 3.63) is 136 Å². The normalized spacial score (nSPS) is 20.4. The van der Waals surface area contributed by atoms with Crippen LogP contribution in [0.4, 0.5) is 0 Å². The number of carbonyl (C=O) groups excluding carboxylic acids is 1. The van der Waals surface area contributed by atoms with Crippen LogP contribution in [0.1, 0.15) is 68.2 Å². The fraction of sp³-hybridized carbons (Fsp3) is 0.333. The van der Waals surface area contributed by atoms with Gasteiger partial charge in [-0.1, -0.05) is 59.7 Å². The van der Waals surface area contributed by atoms with Gasteiger partial charge in [0.2, 0.25) is 0 Å². The summed E-state index contributed by atoms with van der Waals surface area (Å²) in [5.74, 6) is 1.78. The first-order chi connectivity index (χ1) is 24.6. The number of rotatable bonds is 9. The third-order valence-electron chi connectivity index (χ3n) is 11.3. The average Bonchev–Trinajstić information content (AvgIpc) is 3.12. The zero-order valence-corrected chi connectivity index (χ0v) is 32.0. The molecule has 4 heterocycles. The highest BCUT2D eigenvalue weighted by molar-refractivity contribution is 7.80. The highest BCUT2D eigenvalue weighted by atomic mass is 31.1. The number of hydrogen-bond acceptors (Lipinski definition) is 4. The number of nitrogens with zero attached hydrogens (tertiary/aromatic N) is 2. The summed E-state index contributed by atoms with van der Waals surface area (Å²) in [5.41, 5.74) is 10.3. The van der Waals surface area contributed by atoms with Gasteiger partial charge in [-0.2, -0.15) is 0 Å². The molecule has 3 aliphatic rings. The second-order valence-electron chi connectivity index (χ2n) is 14.8. The number of benzene rings is 4. The molecule has 3 fully saturated rings. The van der Waals surface area contributed by atoms with Crippen LogP contribution in [0.5, 0.6) is 5.75 Å². The van der Waals surface area contributed by atoms with E-state index >= 15 is 4.79 Å². The monoisotopic (exact) mass is 695 g/mol. The van der Waals surface area contributed by atoms with Gasteiger partial charge in [-0.05, 0) is 155 Å². The lowest BCUT2D eigenvalue weighted by Gasteiger charge is -2.51. The van der Waals surface area contributed by atoms with Crippen molar-refractivity contribution < 1.29 is 9.53 Å². The lowest BCUT2D eigenvalue weighted by molar-refractivity contribution is 0.00171. The maximum absolute atomic E-state index is 15.1. The van der Waals surface area contributed by atoms with Gasteiger partial charge in [-0.25, -0.2) is 0 Å². The molecule has 0 radical (unpaired) electrons. The number of aromatic nitrogens is 1. The van der Waals surface area contributed by atoms with Gasteiger partial charge in [0.15, 0.2) is 0 Å². The second-order valence-corrected chi connectivity index (χ2v) is 16.9. The standard InChI is InChI=1S/C45H50N3O2P/c1-9-33-26-48-19-17-34(33)24-40(48)42(36-16-18-46-39-15-14-35(50-8)25-38(36)39)47-45(49)37-12-10-11-13-41(37)51(43-29(4)20-27(2)21-30(43)5)44-31(6)22-28(3)23-32(44)7/h9-16,18,20-23,25,33-34,40,42H,1,17,19,24,26H2,2-8H3,(H,47,49). The largest absolute Gasteiger partial charge is 0.497 e. The van der Waals surface area contributed by atoms with Crippen LogP contribution in [0.15, 0.2) is 91.6 Å². The number of pyridine rings is 1. The molecule has 1 N–H and O–H groups in total. The fourth-order valence-corrected chi connectivity index (χ4v) is 12.2. The van der Waals surface area contributed by atoms with Crippen LogP contribution in [0, 0.1) is 53.4 Å². The predicted molar refractivity (Wildman–Crippen MR) is 214 cm³/mol. The summed E-state index contributed by atoms with van der Waals surface area (Å²) in [7, 11) is 0.638. The van der Waals surface area contributed by atoms with Crippen LogP contribution >= 0.6 is 7.92 Å². The van der Waals surface area contributed by atoms with Gasteiger partial charge in [0, 0.05) is 29.7 Å². The molecule has 0 aliphatic carbocycles. The number of piperidine rings is 3. The van der Waals surface area contributed by atoms with E-state index < -0.39 is 7.92 Å². The third kappa shape index (κ3) is 6.63. The molecule has 2 bridgehead atoms. The number of aryl methyl sites for hydroxylation is 6. The summed E-state index contributed by atoms with van der Waals surface area (Å²) >= 11 is 0. The minimum Gasteiger partial charge on any atom is -0.497 e. The number of fused-ring (bicyclic) bond motifs is 4. The van der Waals surface area contributed by atoms with Crippen LogP contribution in [0.3, 0.4) is 0 Å². The summed E-state index contributed by atoms with van der Waals surface area (Å²) in [6, 6.07) is 25.5. The van der Waals surface area contributed by atoms with Crippen molar-refractivity contribution in [2.45, 2.75) is 66.5 Å². The van der Waals surface area contributed by atoms with Crippen LogP contribution in [0.2, 0.25) is 0 Å². The lowest BCUT2D eigenvalue weighted by Crippen LogP contribution is -2.57. The Morgan fingerprint density at radius 3 is 2.16 bits per heavy atom. The van der Waals surface area contributed by atoms with Crippen molar-refractivity contribution in [2.24, 2.45) is 11.8 Å². The summed E-state index contributed by atoms with van der Waals surface area (Å²) in [4.78, 5) is 22.4. The topological polar surface area (TPSA) is 54.5 Å². The van der Waals surface area contributed by atoms with E-state index in [0.717, 1.165) is 59.0 Å². The number of hydrogen-bond donors (Lipinski definition) is 1. The predicted octanol–water partition coefficient (Wildman–Crippen LogP) is 8.22. The van der Waals surface area contributed by atoms with Gasteiger partial charge in [0.1, 0.15) is 5.75 Å². The maximum Gasteiger partial charge on any atom is 0.252 e. The van der Waals surface area contributed by atoms with E-state index in [0.29, 0.717) is 11.8 Å². The van der Waals surface area contributed by atoms with Crippen molar-refractivity contribution in [3.8, 4) is 5.75 Å².